The average Bonchev–Trinajstić information content (AvgIpc) is 3.17. The fraction of sp³-hybridized carbons (Fsp3) is 0.316. The Hall–Kier alpha value is -2.89. The molecule has 4 rings (SSSR count). The van der Waals surface area contributed by atoms with Crippen LogP contribution in [0.1, 0.15) is 40.4 Å². The van der Waals surface area contributed by atoms with Gasteiger partial charge in [-0.15, -0.1) is 0 Å². The highest BCUT2D eigenvalue weighted by Crippen LogP contribution is 2.27. The zero-order valence-corrected chi connectivity index (χ0v) is 14.1. The first kappa shape index (κ1) is 15.6. The van der Waals surface area contributed by atoms with E-state index in [0.717, 1.165) is 29.6 Å². The lowest BCUT2D eigenvalue weighted by atomic mass is 9.93. The fourth-order valence-electron chi connectivity index (χ4n) is 3.62. The molecule has 1 aliphatic heterocycles. The van der Waals surface area contributed by atoms with Gasteiger partial charge in [-0.2, -0.15) is 5.10 Å². The van der Waals surface area contributed by atoms with Gasteiger partial charge in [-0.25, -0.2) is 0 Å². The van der Waals surface area contributed by atoms with E-state index < -0.39 is 0 Å². The van der Waals surface area contributed by atoms with Crippen molar-refractivity contribution in [2.45, 2.75) is 25.7 Å². The molecule has 0 unspecified atom stereocenters. The highest BCUT2D eigenvalue weighted by Gasteiger charge is 2.26. The number of piperidine rings is 1. The van der Waals surface area contributed by atoms with Gasteiger partial charge in [0.25, 0.3) is 5.91 Å². The van der Waals surface area contributed by atoms with E-state index in [1.165, 1.54) is 0 Å². The summed E-state index contributed by atoms with van der Waals surface area (Å²) >= 11 is 0. The first-order valence-electron chi connectivity index (χ1n) is 8.54. The van der Waals surface area contributed by atoms with E-state index in [0.29, 0.717) is 24.4 Å². The first-order valence-corrected chi connectivity index (χ1v) is 8.54. The molecule has 1 aromatic carbocycles. The number of hydrogen-bond acceptors (Lipinski definition) is 3. The topological polar surface area (TPSA) is 81.8 Å². The van der Waals surface area contributed by atoms with E-state index in [2.05, 4.69) is 15.2 Å². The summed E-state index contributed by atoms with van der Waals surface area (Å²) in [5.74, 6) is 0.205. The Balaban J connectivity index is 1.57. The number of fused-ring (bicyclic) bond motifs is 1. The predicted octanol–water partition coefficient (Wildman–Crippen LogP) is 2.58. The Morgan fingerprint density at radius 1 is 1.24 bits per heavy atom. The largest absolute Gasteiger partial charge is 0.360 e. The number of hydrogen-bond donors (Lipinski definition) is 2. The van der Waals surface area contributed by atoms with Crippen molar-refractivity contribution in [3.8, 4) is 0 Å². The standard InChI is InChI=1S/C19H20N4O2/c1-12-3-2-4-14-17(12)20-11-15(18(14)24)19(25)23-9-6-13(7-10-23)16-5-8-21-22-16/h2-5,8,11,13H,6-7,9-10H2,1H3,(H,20,24)(H,21,22). The van der Waals surface area contributed by atoms with Gasteiger partial charge in [0.05, 0.1) is 5.52 Å². The maximum atomic E-state index is 12.8. The van der Waals surface area contributed by atoms with Crippen LogP contribution in [0, 0.1) is 6.92 Å². The summed E-state index contributed by atoms with van der Waals surface area (Å²) in [4.78, 5) is 30.5. The van der Waals surface area contributed by atoms with Crippen LogP contribution in [0.2, 0.25) is 0 Å². The molecule has 25 heavy (non-hydrogen) atoms. The predicted molar refractivity (Wildman–Crippen MR) is 95.8 cm³/mol. The second-order valence-electron chi connectivity index (χ2n) is 6.61. The van der Waals surface area contributed by atoms with Crippen LogP contribution in [0.3, 0.4) is 0 Å². The van der Waals surface area contributed by atoms with Gasteiger partial charge in [0.1, 0.15) is 5.56 Å². The summed E-state index contributed by atoms with van der Waals surface area (Å²) in [5.41, 5.74) is 2.93. The highest BCUT2D eigenvalue weighted by molar-refractivity contribution is 5.97. The lowest BCUT2D eigenvalue weighted by Gasteiger charge is -2.31. The minimum atomic E-state index is -0.196. The molecule has 0 saturated carbocycles. The second-order valence-corrected chi connectivity index (χ2v) is 6.61. The van der Waals surface area contributed by atoms with E-state index in [1.807, 2.05) is 25.1 Å². The maximum Gasteiger partial charge on any atom is 0.259 e. The Kier molecular flexibility index (Phi) is 3.87. The van der Waals surface area contributed by atoms with E-state index in [-0.39, 0.29) is 16.9 Å². The number of benzene rings is 1. The Morgan fingerprint density at radius 2 is 2.04 bits per heavy atom. The first-order chi connectivity index (χ1) is 12.1. The van der Waals surface area contributed by atoms with Crippen molar-refractivity contribution in [1.82, 2.24) is 20.1 Å². The van der Waals surface area contributed by atoms with Crippen LogP contribution in [0.15, 0.2) is 41.5 Å². The van der Waals surface area contributed by atoms with E-state index in [9.17, 15) is 9.59 Å². The zero-order valence-electron chi connectivity index (χ0n) is 14.1. The molecule has 1 saturated heterocycles. The van der Waals surface area contributed by atoms with Gasteiger partial charge in [-0.1, -0.05) is 12.1 Å². The van der Waals surface area contributed by atoms with Crippen molar-refractivity contribution in [3.63, 3.8) is 0 Å². The Morgan fingerprint density at radius 3 is 2.76 bits per heavy atom. The number of nitrogens with one attached hydrogen (secondary N) is 2. The number of likely N-dealkylation sites (tertiary alicyclic amines) is 1. The number of rotatable bonds is 2. The zero-order chi connectivity index (χ0) is 17.4. The van der Waals surface area contributed by atoms with E-state index in [1.54, 1.807) is 23.4 Å². The van der Waals surface area contributed by atoms with Gasteiger partial charge in [-0.3, -0.25) is 14.7 Å². The summed E-state index contributed by atoms with van der Waals surface area (Å²) < 4.78 is 0. The third-order valence-corrected chi connectivity index (χ3v) is 5.10. The average molecular weight is 336 g/mol. The number of H-pyrrole nitrogens is 2. The molecule has 0 aliphatic carbocycles. The highest BCUT2D eigenvalue weighted by atomic mass is 16.2. The normalized spacial score (nSPS) is 15.6. The SMILES string of the molecule is Cc1cccc2c(=O)c(C(=O)N3CCC(c4ccn[nH]4)CC3)c[nH]c12. The van der Waals surface area contributed by atoms with Crippen LogP contribution in [0.5, 0.6) is 0 Å². The number of para-hydroxylation sites is 1. The van der Waals surface area contributed by atoms with Crippen molar-refractivity contribution < 1.29 is 4.79 Å². The van der Waals surface area contributed by atoms with Crippen LogP contribution in [0.4, 0.5) is 0 Å². The van der Waals surface area contributed by atoms with Gasteiger partial charge in [0.15, 0.2) is 0 Å². The van der Waals surface area contributed by atoms with E-state index in [4.69, 9.17) is 0 Å². The molecule has 2 aromatic heterocycles. The maximum absolute atomic E-state index is 12.8. The van der Waals surface area contributed by atoms with Gasteiger partial charge in [0, 0.05) is 42.5 Å². The van der Waals surface area contributed by atoms with Crippen LogP contribution >= 0.6 is 0 Å². The molecule has 2 N–H and O–H groups in total. The monoisotopic (exact) mass is 336 g/mol. The molecule has 0 bridgehead atoms. The number of aromatic amines is 2. The lowest BCUT2D eigenvalue weighted by Crippen LogP contribution is -2.40. The summed E-state index contributed by atoms with van der Waals surface area (Å²) in [5, 5.41) is 7.57. The summed E-state index contributed by atoms with van der Waals surface area (Å²) in [6.07, 6.45) is 5.06. The molecular weight excluding hydrogens is 316 g/mol. The van der Waals surface area contributed by atoms with Crippen molar-refractivity contribution in [3.05, 3.63) is 63.7 Å². The summed E-state index contributed by atoms with van der Waals surface area (Å²) in [6, 6.07) is 7.54. The number of amides is 1. The lowest BCUT2D eigenvalue weighted by molar-refractivity contribution is 0.0710. The summed E-state index contributed by atoms with van der Waals surface area (Å²) in [6.45, 7) is 3.24. The van der Waals surface area contributed by atoms with Crippen LogP contribution in [-0.4, -0.2) is 39.1 Å². The third-order valence-electron chi connectivity index (χ3n) is 5.10. The van der Waals surface area contributed by atoms with Crippen molar-refractivity contribution in [1.29, 1.82) is 0 Å². The number of pyridine rings is 1. The van der Waals surface area contributed by atoms with Gasteiger partial charge in [0.2, 0.25) is 5.43 Å². The van der Waals surface area contributed by atoms with Crippen molar-refractivity contribution in [2.75, 3.05) is 13.1 Å². The molecule has 1 fully saturated rings. The molecule has 6 nitrogen and oxygen atoms in total. The molecule has 1 aliphatic rings. The minimum absolute atomic E-state index is 0.187. The quantitative estimate of drug-likeness (QED) is 0.754. The molecule has 3 aromatic rings. The van der Waals surface area contributed by atoms with Crippen LogP contribution < -0.4 is 5.43 Å². The molecule has 0 atom stereocenters. The number of aromatic nitrogens is 3. The number of carbonyl (C=O) groups excluding carboxylic acids is 1. The third kappa shape index (κ3) is 2.73. The van der Waals surface area contributed by atoms with Crippen LogP contribution in [-0.2, 0) is 0 Å². The van der Waals surface area contributed by atoms with Gasteiger partial charge >= 0.3 is 0 Å². The molecule has 0 radical (unpaired) electrons. The Labute approximate surface area is 144 Å². The molecule has 128 valence electrons. The van der Waals surface area contributed by atoms with Gasteiger partial charge in [-0.05, 0) is 37.5 Å². The second kappa shape index (κ2) is 6.20. The smallest absolute Gasteiger partial charge is 0.259 e. The number of carbonyl (C=O) groups is 1. The van der Waals surface area contributed by atoms with Gasteiger partial charge < -0.3 is 9.88 Å². The van der Waals surface area contributed by atoms with Crippen molar-refractivity contribution in [2.24, 2.45) is 0 Å². The minimum Gasteiger partial charge on any atom is -0.360 e. The number of nitrogens with zero attached hydrogens (tertiary/aromatic N) is 2. The molecule has 1 amide bonds. The summed E-state index contributed by atoms with van der Waals surface area (Å²) in [7, 11) is 0. The fourth-order valence-corrected chi connectivity index (χ4v) is 3.62. The molecular formula is C19H20N4O2. The number of aryl methyl sites for hydroxylation is 1. The van der Waals surface area contributed by atoms with Crippen LogP contribution in [0.25, 0.3) is 10.9 Å². The Bertz CT molecular complexity index is 967. The molecule has 6 heteroatoms. The van der Waals surface area contributed by atoms with Crippen molar-refractivity contribution >= 4 is 16.8 Å². The molecule has 3 heterocycles. The van der Waals surface area contributed by atoms with E-state index >= 15 is 0 Å². The molecule has 0 spiro atoms.